The van der Waals surface area contributed by atoms with Crippen LogP contribution in [0.15, 0.2) is 34.8 Å². The van der Waals surface area contributed by atoms with E-state index in [1.54, 1.807) is 0 Å². The Morgan fingerprint density at radius 2 is 2.21 bits per heavy atom. The van der Waals surface area contributed by atoms with Crippen LogP contribution >= 0.6 is 38.9 Å². The summed E-state index contributed by atoms with van der Waals surface area (Å²) in [7, 11) is 0. The van der Waals surface area contributed by atoms with E-state index in [0.717, 1.165) is 22.3 Å². The summed E-state index contributed by atoms with van der Waals surface area (Å²) >= 11 is 10.9. The Labute approximate surface area is 129 Å². The third-order valence-corrected chi connectivity index (χ3v) is 5.97. The molecule has 5 heteroatoms. The summed E-state index contributed by atoms with van der Waals surface area (Å²) in [5.41, 5.74) is 2.49. The van der Waals surface area contributed by atoms with Crippen LogP contribution in [0.3, 0.4) is 0 Å². The van der Waals surface area contributed by atoms with E-state index in [4.69, 9.17) is 11.6 Å². The first-order valence-corrected chi connectivity index (χ1v) is 8.09. The van der Waals surface area contributed by atoms with Gasteiger partial charge in [-0.2, -0.15) is 0 Å². The summed E-state index contributed by atoms with van der Waals surface area (Å²) < 4.78 is 1.52. The Morgan fingerprint density at radius 3 is 2.95 bits per heavy atom. The van der Waals surface area contributed by atoms with Gasteiger partial charge in [-0.25, -0.2) is 0 Å². The second kappa shape index (κ2) is 5.54. The van der Waals surface area contributed by atoms with Crippen LogP contribution in [-0.2, 0) is 6.42 Å². The summed E-state index contributed by atoms with van der Waals surface area (Å²) in [5.74, 6) is 0. The summed E-state index contributed by atoms with van der Waals surface area (Å²) in [6.07, 6.45) is 0.434. The molecule has 0 saturated carbocycles. The quantitative estimate of drug-likeness (QED) is 0.847. The zero-order valence-electron chi connectivity index (χ0n) is 10.1. The molecular weight excluding hydrogens is 346 g/mol. The molecule has 1 aliphatic rings. The van der Waals surface area contributed by atoms with Crippen molar-refractivity contribution in [3.63, 3.8) is 0 Å². The zero-order valence-corrected chi connectivity index (χ0v) is 13.2. The second-order valence-corrected chi connectivity index (χ2v) is 7.14. The number of hydrogen-bond donors (Lipinski definition) is 2. The molecule has 0 saturated heterocycles. The van der Waals surface area contributed by atoms with Crippen LogP contribution in [0.1, 0.15) is 28.1 Å². The molecule has 0 aliphatic carbocycles. The second-order valence-electron chi connectivity index (χ2n) is 4.60. The van der Waals surface area contributed by atoms with Crippen molar-refractivity contribution in [1.29, 1.82) is 0 Å². The first-order chi connectivity index (χ1) is 9.16. The minimum absolute atomic E-state index is 0.0634. The highest BCUT2D eigenvalue weighted by Gasteiger charge is 2.28. The first-order valence-electron chi connectivity index (χ1n) is 6.11. The van der Waals surface area contributed by atoms with Crippen molar-refractivity contribution >= 4 is 38.9 Å². The van der Waals surface area contributed by atoms with E-state index < -0.39 is 6.10 Å². The van der Waals surface area contributed by atoms with Crippen LogP contribution < -0.4 is 5.32 Å². The lowest BCUT2D eigenvalue weighted by atomic mass is 9.91. The fourth-order valence-corrected chi connectivity index (χ4v) is 4.25. The molecule has 3 rings (SSSR count). The average Bonchev–Trinajstić information content (AvgIpc) is 2.77. The van der Waals surface area contributed by atoms with Gasteiger partial charge in [0, 0.05) is 9.35 Å². The van der Waals surface area contributed by atoms with Crippen molar-refractivity contribution in [1.82, 2.24) is 5.32 Å². The Bertz CT molecular complexity index is 581. The molecule has 19 heavy (non-hydrogen) atoms. The van der Waals surface area contributed by atoms with Crippen molar-refractivity contribution in [2.24, 2.45) is 0 Å². The Kier molecular flexibility index (Phi) is 3.96. The molecule has 2 nitrogen and oxygen atoms in total. The van der Waals surface area contributed by atoms with Crippen LogP contribution in [0.25, 0.3) is 0 Å². The molecular formula is C14H13BrClNOS. The maximum absolute atomic E-state index is 10.6. The van der Waals surface area contributed by atoms with E-state index in [9.17, 15) is 5.11 Å². The van der Waals surface area contributed by atoms with Gasteiger partial charge in [0.25, 0.3) is 0 Å². The minimum Gasteiger partial charge on any atom is -0.386 e. The van der Waals surface area contributed by atoms with Gasteiger partial charge in [0.05, 0.1) is 6.04 Å². The van der Waals surface area contributed by atoms with Crippen LogP contribution in [0.5, 0.6) is 0 Å². The maximum atomic E-state index is 10.6. The van der Waals surface area contributed by atoms with E-state index in [1.807, 2.05) is 18.2 Å². The number of fused-ring (bicyclic) bond motifs is 1. The number of nitrogens with one attached hydrogen (secondary N) is 1. The molecule has 2 N–H and O–H groups in total. The predicted molar refractivity (Wildman–Crippen MR) is 82.9 cm³/mol. The number of halogens is 2. The number of benzene rings is 1. The van der Waals surface area contributed by atoms with E-state index >= 15 is 0 Å². The third-order valence-electron chi connectivity index (χ3n) is 3.42. The van der Waals surface area contributed by atoms with E-state index in [1.165, 1.54) is 22.5 Å². The maximum Gasteiger partial charge on any atom is 0.108 e. The van der Waals surface area contributed by atoms with Gasteiger partial charge in [0.15, 0.2) is 0 Å². The van der Waals surface area contributed by atoms with Gasteiger partial charge in [0.1, 0.15) is 10.4 Å². The number of aliphatic hydroxyl groups excluding tert-OH is 1. The molecule has 100 valence electrons. The number of rotatable bonds is 2. The summed E-state index contributed by atoms with van der Waals surface area (Å²) in [5, 5.41) is 14.0. The summed E-state index contributed by atoms with van der Waals surface area (Å²) in [6.45, 7) is 0.888. The first kappa shape index (κ1) is 13.6. The van der Waals surface area contributed by atoms with E-state index in [-0.39, 0.29) is 6.04 Å². The van der Waals surface area contributed by atoms with Gasteiger partial charge < -0.3 is 10.4 Å². The number of thiophene rings is 1. The summed E-state index contributed by atoms with van der Waals surface area (Å²) in [4.78, 5) is 0.881. The molecule has 0 bridgehead atoms. The Hall–Kier alpha value is -0.390. The van der Waals surface area contributed by atoms with Crippen LogP contribution in [0.4, 0.5) is 0 Å². The Balaban J connectivity index is 1.95. The van der Waals surface area contributed by atoms with Crippen molar-refractivity contribution in [2.45, 2.75) is 18.6 Å². The molecule has 0 spiro atoms. The molecule has 1 aliphatic heterocycles. The normalized spacial score (nSPS) is 20.1. The van der Waals surface area contributed by atoms with Crippen molar-refractivity contribution in [3.8, 4) is 0 Å². The molecule has 2 atom stereocenters. The molecule has 2 aromatic rings. The SMILES string of the molecule is OC(c1cc(Br)c(Cl)s1)C1NCCc2ccccc21. The lowest BCUT2D eigenvalue weighted by molar-refractivity contribution is 0.129. The topological polar surface area (TPSA) is 32.3 Å². The largest absolute Gasteiger partial charge is 0.386 e. The molecule has 0 amide bonds. The highest BCUT2D eigenvalue weighted by Crippen LogP contribution is 2.40. The van der Waals surface area contributed by atoms with Crippen LogP contribution in [0.2, 0.25) is 4.34 Å². The molecule has 0 radical (unpaired) electrons. The van der Waals surface area contributed by atoms with Crippen molar-refractivity contribution < 1.29 is 5.11 Å². The van der Waals surface area contributed by atoms with Gasteiger partial charge in [-0.05, 0) is 46.1 Å². The smallest absolute Gasteiger partial charge is 0.108 e. The molecule has 0 fully saturated rings. The predicted octanol–water partition coefficient (Wildman–Crippen LogP) is 4.08. The van der Waals surface area contributed by atoms with Gasteiger partial charge >= 0.3 is 0 Å². The lowest BCUT2D eigenvalue weighted by Crippen LogP contribution is -2.33. The van der Waals surface area contributed by atoms with Crippen LogP contribution in [0, 0.1) is 0 Å². The fourth-order valence-electron chi connectivity index (χ4n) is 2.49. The van der Waals surface area contributed by atoms with Gasteiger partial charge in [-0.1, -0.05) is 35.9 Å². The number of aliphatic hydroxyl groups is 1. The lowest BCUT2D eigenvalue weighted by Gasteiger charge is -2.30. The Morgan fingerprint density at radius 1 is 1.42 bits per heavy atom. The van der Waals surface area contributed by atoms with E-state index in [0.29, 0.717) is 4.34 Å². The highest BCUT2D eigenvalue weighted by atomic mass is 79.9. The standard InChI is InChI=1S/C14H13BrClNOS/c15-10-7-11(19-14(10)16)13(18)12-9-4-2-1-3-8(9)5-6-17-12/h1-4,7,12-13,17-18H,5-6H2. The van der Waals surface area contributed by atoms with Crippen molar-refractivity contribution in [2.75, 3.05) is 6.54 Å². The third kappa shape index (κ3) is 2.60. The minimum atomic E-state index is -0.574. The highest BCUT2D eigenvalue weighted by molar-refractivity contribution is 9.10. The molecule has 2 unspecified atom stereocenters. The van der Waals surface area contributed by atoms with Crippen LogP contribution in [-0.4, -0.2) is 11.7 Å². The number of hydrogen-bond acceptors (Lipinski definition) is 3. The molecule has 1 aromatic heterocycles. The zero-order chi connectivity index (χ0) is 13.4. The van der Waals surface area contributed by atoms with Gasteiger partial charge in [-0.3, -0.25) is 0 Å². The monoisotopic (exact) mass is 357 g/mol. The molecule has 2 heterocycles. The summed E-state index contributed by atoms with van der Waals surface area (Å²) in [6, 6.07) is 10.1. The van der Waals surface area contributed by atoms with Gasteiger partial charge in [-0.15, -0.1) is 11.3 Å². The van der Waals surface area contributed by atoms with Gasteiger partial charge in [0.2, 0.25) is 0 Å². The van der Waals surface area contributed by atoms with Crippen molar-refractivity contribution in [3.05, 3.63) is 55.1 Å². The average molecular weight is 359 g/mol. The van der Waals surface area contributed by atoms with E-state index in [2.05, 4.69) is 33.4 Å². The fraction of sp³-hybridized carbons (Fsp3) is 0.286. The molecule has 1 aromatic carbocycles.